The van der Waals surface area contributed by atoms with Crippen LogP contribution >= 0.6 is 0 Å². The largest absolute Gasteiger partial charge is 0.424 e. The summed E-state index contributed by atoms with van der Waals surface area (Å²) in [4.78, 5) is 6.29. The second kappa shape index (κ2) is 12.3. The highest BCUT2D eigenvalue weighted by Crippen LogP contribution is 2.45. The van der Waals surface area contributed by atoms with Crippen LogP contribution in [0.2, 0.25) is 118 Å². The van der Waals surface area contributed by atoms with E-state index < -0.39 is 62.8 Å². The van der Waals surface area contributed by atoms with Crippen molar-refractivity contribution in [1.29, 1.82) is 1.43 Å². The van der Waals surface area contributed by atoms with Crippen molar-refractivity contribution >= 4 is 68.0 Å². The molecule has 0 radical (unpaired) electrons. The first kappa shape index (κ1) is 35.0. The fourth-order valence-corrected chi connectivity index (χ4v) is 51.6. The van der Waals surface area contributed by atoms with Gasteiger partial charge in [-0.2, -0.15) is 0 Å². The van der Waals surface area contributed by atoms with Crippen LogP contribution in [0.1, 0.15) is 44.7 Å². The molecule has 0 spiro atoms. The first-order valence-electron chi connectivity index (χ1n) is 18.0. The summed E-state index contributed by atoms with van der Waals surface area (Å²) in [5, 5.41) is 2.97. The molecule has 0 bridgehead atoms. The average Bonchev–Trinajstić information content (AvgIpc) is 2.80. The van der Waals surface area contributed by atoms with Gasteiger partial charge in [-0.1, -0.05) is 166 Å². The summed E-state index contributed by atoms with van der Waals surface area (Å²) in [7, 11) is -13.6. The van der Waals surface area contributed by atoms with E-state index in [-0.39, 0.29) is 0 Å². The topological polar surface area (TPSA) is 20.2 Å². The van der Waals surface area contributed by atoms with Gasteiger partial charge >= 0.3 is 0 Å². The van der Waals surface area contributed by atoms with Crippen LogP contribution in [-0.2, 0) is 6.02 Å². The Balaban J connectivity index is 2.78. The lowest BCUT2D eigenvalue weighted by molar-refractivity contribution is 0.562. The van der Waals surface area contributed by atoms with Gasteiger partial charge in [0.1, 0.15) is 0 Å². The van der Waals surface area contributed by atoms with Crippen LogP contribution in [0.15, 0.2) is 42.1 Å². The Morgan fingerprint density at radius 2 is 1.00 bits per heavy atom. The van der Waals surface area contributed by atoms with E-state index in [0.29, 0.717) is 15.5 Å². The third kappa shape index (κ3) is 8.20. The molecule has 2 aromatic carbocycles. The Kier molecular flexibility index (Phi) is 9.76. The van der Waals surface area contributed by atoms with Gasteiger partial charge in [0.15, 0.2) is 1.43 Å². The van der Waals surface area contributed by atoms with Crippen molar-refractivity contribution in [3.05, 3.63) is 69.9 Å². The van der Waals surface area contributed by atoms with Crippen molar-refractivity contribution in [2.75, 3.05) is 0 Å². The molecule has 8 heteroatoms. The highest BCUT2D eigenvalue weighted by atomic mass is 28.4. The molecule has 0 aliphatic carbocycles. The van der Waals surface area contributed by atoms with E-state index >= 15 is 0 Å². The molecule has 1 aliphatic heterocycles. The minimum absolute atomic E-state index is 0.499. The zero-order valence-corrected chi connectivity index (χ0v) is 38.8. The maximum absolute atomic E-state index is 10.1. The summed E-state index contributed by atoms with van der Waals surface area (Å²) in [6, 6.07) is 13.2. The van der Waals surface area contributed by atoms with E-state index in [4.69, 9.17) is 6.23 Å². The van der Waals surface area contributed by atoms with Gasteiger partial charge in [0.2, 0.25) is 8.32 Å². The zero-order valence-electron chi connectivity index (χ0n) is 33.8. The van der Waals surface area contributed by atoms with Gasteiger partial charge in [0.05, 0.1) is 0 Å². The molecule has 2 unspecified atom stereocenters. The van der Waals surface area contributed by atoms with E-state index in [1.54, 1.807) is 5.56 Å². The summed E-state index contributed by atoms with van der Waals surface area (Å²) < 4.78 is 19.1. The molecule has 0 aromatic heterocycles. The molecule has 0 saturated carbocycles. The lowest BCUT2D eigenvalue weighted by Gasteiger charge is -2.47. The minimum Gasteiger partial charge on any atom is -0.424 e. The molecular formula is C36H68OSi7. The minimum atomic E-state index is -3.30. The molecule has 2 atom stereocenters. The molecule has 0 amide bonds. The molecule has 2 aromatic rings. The lowest BCUT2D eigenvalue weighted by atomic mass is 10.1. The maximum Gasteiger partial charge on any atom is 0.250 e. The van der Waals surface area contributed by atoms with Gasteiger partial charge in [0, 0.05) is 49.8 Å². The van der Waals surface area contributed by atoms with Gasteiger partial charge in [-0.05, 0) is 54.5 Å². The quantitative estimate of drug-likeness (QED) is 0.230. The molecule has 1 N–H and O–H groups in total. The average molecular weight is 716 g/mol. The molecule has 1 heterocycles. The van der Waals surface area contributed by atoms with E-state index in [0.717, 1.165) is 11.1 Å². The van der Waals surface area contributed by atoms with Crippen molar-refractivity contribution in [3.63, 3.8) is 0 Å². The summed E-state index contributed by atoms with van der Waals surface area (Å²) in [5.41, 5.74) is 9.00. The van der Waals surface area contributed by atoms with Crippen LogP contribution in [-0.4, -0.2) is 63.0 Å². The Morgan fingerprint density at radius 1 is 0.614 bits per heavy atom. The summed E-state index contributed by atoms with van der Waals surface area (Å²) in [6.07, 6.45) is 2.21. The van der Waals surface area contributed by atoms with Crippen molar-refractivity contribution in [2.45, 2.75) is 139 Å². The molecular weight excluding hydrogens is 645 g/mol. The van der Waals surface area contributed by atoms with Crippen LogP contribution in [0.25, 0.3) is 6.08 Å². The van der Waals surface area contributed by atoms with Gasteiger partial charge in [-0.3, -0.25) is 0 Å². The predicted molar refractivity (Wildman–Crippen MR) is 222 cm³/mol. The zero-order chi connectivity index (χ0) is 35.6. The SMILES string of the molecule is [2H]O[Si]1(c2c(C([Si](C)(C)C)[Si](C)(C)C)cc(C([Si](C)(C)C)[Si](C)(C)C)cc2C([Si](C)(C)C)[Si](C)(C)C)C=Cc2ccccc2C1[2H]. The monoisotopic (exact) mass is 714 g/mol. The third-order valence-electron chi connectivity index (χ3n) is 9.64. The summed E-state index contributed by atoms with van der Waals surface area (Å²) in [5.74, 6) is 0. The molecule has 3 rings (SSSR count). The van der Waals surface area contributed by atoms with Crippen LogP contribution in [0, 0.1) is 0 Å². The first-order chi connectivity index (χ1) is 20.5. The standard InChI is InChI=1S/C36H68OSi7/c1-38(2,3)34(39(4,5)6)30-25-31(35(40(7,8)9)41(10,11)12)33(32(26-30)36(42(13,14)15)43(16,17)18)44(37)24-23-28-21-19-20-22-29(28)27-44/h19-26,34-37H,27H2,1-18H3/i27D,37D. The van der Waals surface area contributed by atoms with Gasteiger partial charge in [-0.25, -0.2) is 0 Å². The van der Waals surface area contributed by atoms with Crippen molar-refractivity contribution in [1.82, 2.24) is 0 Å². The second-order valence-electron chi connectivity index (χ2n) is 20.5. The first-order valence-corrected chi connectivity index (χ1v) is 40.5. The van der Waals surface area contributed by atoms with Crippen molar-refractivity contribution in [3.8, 4) is 0 Å². The summed E-state index contributed by atoms with van der Waals surface area (Å²) >= 11 is 0. The van der Waals surface area contributed by atoms with E-state index in [9.17, 15) is 1.37 Å². The lowest BCUT2D eigenvalue weighted by Crippen LogP contribution is -2.60. The van der Waals surface area contributed by atoms with E-state index in [1.165, 1.54) is 16.3 Å². The number of hydrogen-bond acceptors (Lipinski definition) is 1. The molecule has 1 nitrogen and oxygen atoms in total. The van der Waals surface area contributed by atoms with Crippen LogP contribution in [0.5, 0.6) is 0 Å². The van der Waals surface area contributed by atoms with Crippen LogP contribution < -0.4 is 5.19 Å². The van der Waals surface area contributed by atoms with Gasteiger partial charge in [-0.15, -0.1) is 0 Å². The van der Waals surface area contributed by atoms with Crippen LogP contribution in [0.4, 0.5) is 0 Å². The number of fused-ring (bicyclic) bond motifs is 1. The predicted octanol–water partition coefficient (Wildman–Crippen LogP) is 10.7. The smallest absolute Gasteiger partial charge is 0.250 e. The number of benzene rings is 2. The van der Waals surface area contributed by atoms with E-state index in [2.05, 4.69) is 166 Å². The Bertz CT molecular complexity index is 1340. The van der Waals surface area contributed by atoms with Crippen LogP contribution in [0.3, 0.4) is 0 Å². The maximum atomic E-state index is 10.1. The fourth-order valence-electron chi connectivity index (χ4n) is 9.99. The summed E-state index contributed by atoms with van der Waals surface area (Å²) in [6.45, 7) is 46.5. The highest BCUT2D eigenvalue weighted by molar-refractivity contribution is 6.99. The van der Waals surface area contributed by atoms with E-state index in [1.807, 2.05) is 0 Å². The van der Waals surface area contributed by atoms with Gasteiger partial charge < -0.3 is 4.80 Å². The highest BCUT2D eigenvalue weighted by Gasteiger charge is 2.50. The number of hydrogen-bond donors (Lipinski definition) is 1. The van der Waals surface area contributed by atoms with Gasteiger partial charge in [0.25, 0.3) is 0 Å². The molecule has 1 aliphatic rings. The molecule has 0 saturated heterocycles. The second-order valence-corrected chi connectivity index (χ2v) is 56.8. The molecule has 44 heavy (non-hydrogen) atoms. The normalized spacial score (nSPS) is 21.2. The van der Waals surface area contributed by atoms with Crippen molar-refractivity contribution < 1.29 is 6.17 Å². The Hall–Kier alpha value is -0.342. The fraction of sp³-hybridized carbons (Fsp3) is 0.611. The third-order valence-corrected chi connectivity index (χ3v) is 40.3. The molecule has 0 fully saturated rings. The Labute approximate surface area is 283 Å². The Morgan fingerprint density at radius 3 is 1.36 bits per heavy atom. The number of rotatable bonds is 11. The molecule has 246 valence electrons. The van der Waals surface area contributed by atoms with Crippen molar-refractivity contribution in [2.24, 2.45) is 0 Å².